The van der Waals surface area contributed by atoms with Crippen LogP contribution in [-0.4, -0.2) is 21.0 Å². The number of benzene rings is 1. The maximum atomic E-state index is 11.7. The molecule has 0 saturated carbocycles. The van der Waals surface area contributed by atoms with Crippen molar-refractivity contribution in [1.82, 2.24) is 10.2 Å². The standard InChI is InChI=1S/C15H10N4O5/c20-13(8-7-12-2-1-9-23-12)16-15-18-17-14(24-15)10-3-5-11(6-4-10)19(21)22/h1-9H,(H,16,18,20)/b8-7+. The van der Waals surface area contributed by atoms with Crippen molar-refractivity contribution in [2.24, 2.45) is 0 Å². The monoisotopic (exact) mass is 326 g/mol. The molecule has 3 aromatic rings. The number of amides is 1. The Hall–Kier alpha value is -3.75. The molecule has 0 fully saturated rings. The number of aromatic nitrogens is 2. The summed E-state index contributed by atoms with van der Waals surface area (Å²) in [5.41, 5.74) is 0.453. The van der Waals surface area contributed by atoms with Crippen molar-refractivity contribution >= 4 is 23.7 Å². The zero-order chi connectivity index (χ0) is 16.9. The van der Waals surface area contributed by atoms with Crippen LogP contribution in [0.15, 0.2) is 57.6 Å². The normalized spacial score (nSPS) is 10.8. The fourth-order valence-corrected chi connectivity index (χ4v) is 1.81. The van der Waals surface area contributed by atoms with Gasteiger partial charge in [0.25, 0.3) is 11.6 Å². The van der Waals surface area contributed by atoms with Gasteiger partial charge in [0, 0.05) is 23.8 Å². The summed E-state index contributed by atoms with van der Waals surface area (Å²) in [6, 6.07) is 8.92. The van der Waals surface area contributed by atoms with Gasteiger partial charge in [-0.3, -0.25) is 20.2 Å². The molecule has 24 heavy (non-hydrogen) atoms. The third kappa shape index (κ3) is 3.53. The molecule has 1 aromatic carbocycles. The third-order valence-electron chi connectivity index (χ3n) is 2.92. The Morgan fingerprint density at radius 2 is 2.00 bits per heavy atom. The molecule has 0 bridgehead atoms. The number of non-ortho nitro benzene ring substituents is 1. The van der Waals surface area contributed by atoms with E-state index < -0.39 is 10.8 Å². The quantitative estimate of drug-likeness (QED) is 0.434. The van der Waals surface area contributed by atoms with E-state index in [0.717, 1.165) is 0 Å². The minimum atomic E-state index is -0.505. The topological polar surface area (TPSA) is 124 Å². The van der Waals surface area contributed by atoms with E-state index in [-0.39, 0.29) is 17.6 Å². The first-order chi connectivity index (χ1) is 11.6. The summed E-state index contributed by atoms with van der Waals surface area (Å²) in [5.74, 6) is 0.197. The summed E-state index contributed by atoms with van der Waals surface area (Å²) in [6.45, 7) is 0. The molecule has 3 rings (SSSR count). The summed E-state index contributed by atoms with van der Waals surface area (Å²) >= 11 is 0. The van der Waals surface area contributed by atoms with Gasteiger partial charge in [-0.1, -0.05) is 5.10 Å². The highest BCUT2D eigenvalue weighted by Crippen LogP contribution is 2.22. The smallest absolute Gasteiger partial charge is 0.322 e. The number of furan rings is 1. The van der Waals surface area contributed by atoms with E-state index in [0.29, 0.717) is 11.3 Å². The average molecular weight is 326 g/mol. The molecule has 0 saturated heterocycles. The molecule has 0 aliphatic rings. The largest absolute Gasteiger partial charge is 0.465 e. The zero-order valence-electron chi connectivity index (χ0n) is 12.1. The van der Waals surface area contributed by atoms with E-state index in [1.54, 1.807) is 12.1 Å². The van der Waals surface area contributed by atoms with Gasteiger partial charge in [0.05, 0.1) is 11.2 Å². The third-order valence-corrected chi connectivity index (χ3v) is 2.92. The maximum absolute atomic E-state index is 11.7. The fourth-order valence-electron chi connectivity index (χ4n) is 1.81. The first kappa shape index (κ1) is 15.2. The second kappa shape index (κ2) is 6.57. The van der Waals surface area contributed by atoms with Crippen LogP contribution >= 0.6 is 0 Å². The molecule has 0 radical (unpaired) electrons. The van der Waals surface area contributed by atoms with E-state index >= 15 is 0 Å². The Bertz CT molecular complexity index is 881. The number of anilines is 1. The molecule has 120 valence electrons. The van der Waals surface area contributed by atoms with Gasteiger partial charge < -0.3 is 8.83 Å². The van der Waals surface area contributed by atoms with Gasteiger partial charge in [0.15, 0.2) is 0 Å². The Morgan fingerprint density at radius 1 is 1.21 bits per heavy atom. The zero-order valence-corrected chi connectivity index (χ0v) is 12.1. The summed E-state index contributed by atoms with van der Waals surface area (Å²) in [5, 5.41) is 20.5. The maximum Gasteiger partial charge on any atom is 0.322 e. The number of carbonyl (C=O) groups is 1. The Morgan fingerprint density at radius 3 is 2.67 bits per heavy atom. The Balaban J connectivity index is 1.66. The first-order valence-electron chi connectivity index (χ1n) is 6.73. The number of hydrogen-bond acceptors (Lipinski definition) is 7. The molecular formula is C15H10N4O5. The van der Waals surface area contributed by atoms with Crippen molar-refractivity contribution in [2.75, 3.05) is 5.32 Å². The lowest BCUT2D eigenvalue weighted by Gasteiger charge is -1.95. The van der Waals surface area contributed by atoms with E-state index in [1.807, 2.05) is 0 Å². The van der Waals surface area contributed by atoms with Gasteiger partial charge in [-0.2, -0.15) is 0 Å². The van der Waals surface area contributed by atoms with Gasteiger partial charge in [-0.25, -0.2) is 0 Å². The van der Waals surface area contributed by atoms with Crippen molar-refractivity contribution in [3.8, 4) is 11.5 Å². The molecule has 0 unspecified atom stereocenters. The van der Waals surface area contributed by atoms with Crippen molar-refractivity contribution in [3.05, 3.63) is 64.6 Å². The predicted molar refractivity (Wildman–Crippen MR) is 82.8 cm³/mol. The number of carbonyl (C=O) groups excluding carboxylic acids is 1. The second-order valence-electron chi connectivity index (χ2n) is 4.55. The highest BCUT2D eigenvalue weighted by molar-refractivity contribution is 6.00. The van der Waals surface area contributed by atoms with E-state index in [1.165, 1.54) is 42.7 Å². The van der Waals surface area contributed by atoms with Crippen molar-refractivity contribution in [2.45, 2.75) is 0 Å². The minimum absolute atomic E-state index is 0.0464. The second-order valence-corrected chi connectivity index (χ2v) is 4.55. The van der Waals surface area contributed by atoms with Crippen LogP contribution in [0.25, 0.3) is 17.5 Å². The molecular weight excluding hydrogens is 316 g/mol. The number of nitro groups is 1. The predicted octanol–water partition coefficient (Wildman–Crippen LogP) is 2.89. The number of nitro benzene ring substituents is 1. The number of nitrogens with zero attached hydrogens (tertiary/aromatic N) is 3. The van der Waals surface area contributed by atoms with Crippen LogP contribution in [0.2, 0.25) is 0 Å². The molecule has 0 aliphatic carbocycles. The van der Waals surface area contributed by atoms with Crippen molar-refractivity contribution in [3.63, 3.8) is 0 Å². The van der Waals surface area contributed by atoms with Gasteiger partial charge in [0.2, 0.25) is 5.89 Å². The van der Waals surface area contributed by atoms with Crippen molar-refractivity contribution < 1.29 is 18.6 Å². The highest BCUT2D eigenvalue weighted by Gasteiger charge is 2.12. The van der Waals surface area contributed by atoms with E-state index in [4.69, 9.17) is 8.83 Å². The first-order valence-corrected chi connectivity index (χ1v) is 6.73. The van der Waals surface area contributed by atoms with Gasteiger partial charge in [0.1, 0.15) is 5.76 Å². The van der Waals surface area contributed by atoms with Crippen molar-refractivity contribution in [1.29, 1.82) is 0 Å². The van der Waals surface area contributed by atoms with E-state index in [9.17, 15) is 14.9 Å². The van der Waals surface area contributed by atoms with Crippen LogP contribution < -0.4 is 5.32 Å². The molecule has 0 spiro atoms. The van der Waals surface area contributed by atoms with Crippen LogP contribution in [0.5, 0.6) is 0 Å². The van der Waals surface area contributed by atoms with Crippen LogP contribution in [0, 0.1) is 10.1 Å². The molecule has 2 aromatic heterocycles. The van der Waals surface area contributed by atoms with Gasteiger partial charge >= 0.3 is 6.01 Å². The molecule has 0 atom stereocenters. The Kier molecular flexibility index (Phi) is 4.15. The molecule has 1 amide bonds. The average Bonchev–Trinajstić information content (AvgIpc) is 3.25. The van der Waals surface area contributed by atoms with E-state index in [2.05, 4.69) is 15.5 Å². The van der Waals surface area contributed by atoms with Crippen LogP contribution in [0.3, 0.4) is 0 Å². The minimum Gasteiger partial charge on any atom is -0.465 e. The molecule has 9 nitrogen and oxygen atoms in total. The summed E-state index contributed by atoms with van der Waals surface area (Å²) in [6.07, 6.45) is 4.24. The van der Waals surface area contributed by atoms with Gasteiger partial charge in [-0.15, -0.1) is 5.10 Å². The molecule has 2 heterocycles. The number of nitrogens with one attached hydrogen (secondary N) is 1. The SMILES string of the molecule is O=C(/C=C/c1ccco1)Nc1nnc(-c2ccc([N+](=O)[O-])cc2)o1. The summed E-state index contributed by atoms with van der Waals surface area (Å²) < 4.78 is 10.4. The highest BCUT2D eigenvalue weighted by atomic mass is 16.6. The molecule has 1 N–H and O–H groups in total. The van der Waals surface area contributed by atoms with Crippen LogP contribution in [-0.2, 0) is 4.79 Å². The fraction of sp³-hybridized carbons (Fsp3) is 0. The molecule has 9 heteroatoms. The lowest BCUT2D eigenvalue weighted by atomic mass is 10.2. The van der Waals surface area contributed by atoms with Crippen LogP contribution in [0.4, 0.5) is 11.7 Å². The Labute approximate surface area is 134 Å². The number of hydrogen-bond donors (Lipinski definition) is 1. The lowest BCUT2D eigenvalue weighted by molar-refractivity contribution is -0.384. The summed E-state index contributed by atoms with van der Waals surface area (Å²) in [4.78, 5) is 21.8. The molecule has 0 aliphatic heterocycles. The summed E-state index contributed by atoms with van der Waals surface area (Å²) in [7, 11) is 0. The van der Waals surface area contributed by atoms with Crippen LogP contribution in [0.1, 0.15) is 5.76 Å². The lowest BCUT2D eigenvalue weighted by Crippen LogP contribution is -2.07. The number of rotatable bonds is 5. The van der Waals surface area contributed by atoms with Gasteiger partial charge in [-0.05, 0) is 30.3 Å².